The quantitative estimate of drug-likeness (QED) is 0.151. The van der Waals surface area contributed by atoms with Crippen LogP contribution in [-0.2, 0) is 11.2 Å². The van der Waals surface area contributed by atoms with Crippen molar-refractivity contribution in [2.24, 2.45) is 5.41 Å². The van der Waals surface area contributed by atoms with Crippen LogP contribution in [0, 0.1) is 5.41 Å². The third-order valence-corrected chi connectivity index (χ3v) is 6.81. The van der Waals surface area contributed by atoms with E-state index < -0.39 is 17.7 Å². The molecule has 0 fully saturated rings. The van der Waals surface area contributed by atoms with Crippen molar-refractivity contribution in [3.63, 3.8) is 0 Å². The monoisotopic (exact) mass is 565 g/mol. The lowest BCUT2D eigenvalue weighted by Crippen LogP contribution is -2.36. The number of carbonyl (C=O) groups excluding carboxylic acids is 2. The van der Waals surface area contributed by atoms with Gasteiger partial charge in [0.2, 0.25) is 0 Å². The normalized spacial score (nSPS) is 11.9. The number of hydrogen-bond acceptors (Lipinski definition) is 6. The van der Waals surface area contributed by atoms with Gasteiger partial charge in [-0.25, -0.2) is 9.59 Å². The fraction of sp³-hybridized carbons (Fsp3) is 0.485. The first-order valence-electron chi connectivity index (χ1n) is 14.3. The lowest BCUT2D eigenvalue weighted by atomic mass is 9.86. The fourth-order valence-corrected chi connectivity index (χ4v) is 4.36. The van der Waals surface area contributed by atoms with Crippen molar-refractivity contribution in [3.05, 3.63) is 64.9 Å². The molecule has 2 N–H and O–H groups in total. The zero-order valence-electron chi connectivity index (χ0n) is 25.1. The van der Waals surface area contributed by atoms with Crippen LogP contribution in [0.2, 0.25) is 0 Å². The summed E-state index contributed by atoms with van der Waals surface area (Å²) in [6, 6.07) is 11.4. The topological polar surface area (TPSA) is 115 Å². The molecule has 41 heavy (non-hydrogen) atoms. The van der Waals surface area contributed by atoms with E-state index in [1.165, 1.54) is 12.1 Å². The number of rotatable bonds is 14. The van der Waals surface area contributed by atoms with Gasteiger partial charge < -0.3 is 24.3 Å². The Labute approximate surface area is 242 Å². The van der Waals surface area contributed by atoms with Gasteiger partial charge in [-0.05, 0) is 87.4 Å². The number of carboxylic acid groups (broad SMARTS) is 1. The van der Waals surface area contributed by atoms with Crippen molar-refractivity contribution in [2.45, 2.75) is 85.7 Å². The second kappa shape index (κ2) is 13.7. The number of nitrogens with one attached hydrogen (secondary N) is 1. The summed E-state index contributed by atoms with van der Waals surface area (Å²) in [7, 11) is 0. The van der Waals surface area contributed by atoms with Gasteiger partial charge in [-0.15, -0.1) is 0 Å². The molecule has 1 aromatic heterocycles. The van der Waals surface area contributed by atoms with Crippen LogP contribution >= 0.6 is 0 Å². The Kier molecular flexibility index (Phi) is 10.6. The molecule has 0 bridgehead atoms. The Morgan fingerprint density at radius 1 is 0.927 bits per heavy atom. The van der Waals surface area contributed by atoms with Gasteiger partial charge in [0.1, 0.15) is 22.7 Å². The van der Waals surface area contributed by atoms with Crippen LogP contribution in [0.3, 0.4) is 0 Å². The summed E-state index contributed by atoms with van der Waals surface area (Å²) in [5, 5.41) is 12.7. The van der Waals surface area contributed by atoms with Gasteiger partial charge >= 0.3 is 12.1 Å². The molecule has 8 heteroatoms. The van der Waals surface area contributed by atoms with Gasteiger partial charge in [0, 0.05) is 23.9 Å². The predicted octanol–water partition coefficient (Wildman–Crippen LogP) is 7.80. The molecule has 1 heterocycles. The highest BCUT2D eigenvalue weighted by molar-refractivity contribution is 6.17. The van der Waals surface area contributed by atoms with Crippen molar-refractivity contribution in [1.82, 2.24) is 5.32 Å². The van der Waals surface area contributed by atoms with E-state index in [2.05, 4.69) is 33.0 Å². The van der Waals surface area contributed by atoms with E-state index in [0.29, 0.717) is 59.6 Å². The fourth-order valence-electron chi connectivity index (χ4n) is 4.36. The molecule has 222 valence electrons. The van der Waals surface area contributed by atoms with Gasteiger partial charge in [0.15, 0.2) is 5.78 Å². The second-order valence-corrected chi connectivity index (χ2v) is 12.2. The van der Waals surface area contributed by atoms with Crippen LogP contribution in [0.4, 0.5) is 4.79 Å². The van der Waals surface area contributed by atoms with Crippen LogP contribution in [0.25, 0.3) is 11.0 Å². The van der Waals surface area contributed by atoms with Crippen molar-refractivity contribution in [3.8, 4) is 5.75 Å². The number of aryl methyl sites for hydroxylation is 1. The lowest BCUT2D eigenvalue weighted by Gasteiger charge is -2.29. The van der Waals surface area contributed by atoms with Crippen molar-refractivity contribution in [2.75, 3.05) is 13.2 Å². The van der Waals surface area contributed by atoms with E-state index in [9.17, 15) is 19.5 Å². The first-order chi connectivity index (χ1) is 19.3. The minimum absolute atomic E-state index is 0.102. The number of benzene rings is 2. The number of ether oxygens (including phenoxy) is 2. The Balaban J connectivity index is 1.56. The first-order valence-corrected chi connectivity index (χ1v) is 14.3. The van der Waals surface area contributed by atoms with E-state index in [-0.39, 0.29) is 16.8 Å². The second-order valence-electron chi connectivity index (χ2n) is 12.2. The number of hydrogen-bond donors (Lipinski definition) is 2. The zero-order valence-corrected chi connectivity index (χ0v) is 25.1. The summed E-state index contributed by atoms with van der Waals surface area (Å²) in [5.41, 5.74) is 1.10. The largest absolute Gasteiger partial charge is 0.494 e. The van der Waals surface area contributed by atoms with Crippen LogP contribution in [-0.4, -0.2) is 41.7 Å². The highest BCUT2D eigenvalue weighted by Gasteiger charge is 2.26. The molecule has 0 radical (unpaired) electrons. The maximum atomic E-state index is 13.5. The number of aromatic carboxylic acids is 1. The summed E-state index contributed by atoms with van der Waals surface area (Å²) in [5.74, 6) is -0.116. The van der Waals surface area contributed by atoms with E-state index in [4.69, 9.17) is 13.9 Å². The highest BCUT2D eigenvalue weighted by atomic mass is 16.6. The molecule has 2 aromatic carbocycles. The standard InChI is InChI=1S/C33H43NO7/c1-7-8-10-27-28(25-21-23(30(36)37)13-16-26(25)40-27)29(35)22-11-14-24(15-12-22)39-20-9-19-34-31(38)41-33(5,6)18-17-32(2,3)4/h11-16,21H,7-10,17-20H2,1-6H3,(H,34,38)(H,36,37). The number of carbonyl (C=O) groups is 3. The van der Waals surface area contributed by atoms with Crippen LogP contribution in [0.5, 0.6) is 5.75 Å². The number of ketones is 1. The van der Waals surface area contributed by atoms with Gasteiger partial charge in [0.25, 0.3) is 0 Å². The molecule has 0 aliphatic heterocycles. The molecular weight excluding hydrogens is 522 g/mol. The third kappa shape index (κ3) is 9.37. The summed E-state index contributed by atoms with van der Waals surface area (Å²) in [6.45, 7) is 13.2. The summed E-state index contributed by atoms with van der Waals surface area (Å²) in [4.78, 5) is 37.3. The molecule has 0 aliphatic carbocycles. The maximum absolute atomic E-state index is 13.5. The van der Waals surface area contributed by atoms with Crippen LogP contribution in [0.15, 0.2) is 46.9 Å². The Bertz CT molecular complexity index is 1350. The van der Waals surface area contributed by atoms with E-state index in [1.54, 1.807) is 30.3 Å². The molecule has 0 saturated carbocycles. The number of furan rings is 1. The van der Waals surface area contributed by atoms with Gasteiger partial charge in [0.05, 0.1) is 17.7 Å². The minimum Gasteiger partial charge on any atom is -0.494 e. The molecule has 0 aliphatic rings. The van der Waals surface area contributed by atoms with Crippen LogP contribution < -0.4 is 10.1 Å². The van der Waals surface area contributed by atoms with Crippen LogP contribution in [0.1, 0.15) is 106 Å². The average molecular weight is 566 g/mol. The lowest BCUT2D eigenvalue weighted by molar-refractivity contribution is 0.0247. The zero-order chi connectivity index (χ0) is 30.2. The van der Waals surface area contributed by atoms with Crippen molar-refractivity contribution >= 4 is 28.8 Å². The predicted molar refractivity (Wildman–Crippen MR) is 159 cm³/mol. The number of carboxylic acids is 1. The smallest absolute Gasteiger partial charge is 0.407 e. The van der Waals surface area contributed by atoms with E-state index >= 15 is 0 Å². The summed E-state index contributed by atoms with van der Waals surface area (Å²) in [6.07, 6.45) is 4.26. The Morgan fingerprint density at radius 2 is 1.61 bits per heavy atom. The summed E-state index contributed by atoms with van der Waals surface area (Å²) < 4.78 is 17.3. The van der Waals surface area contributed by atoms with E-state index in [1.807, 2.05) is 13.8 Å². The molecule has 3 rings (SSSR count). The number of amides is 1. The van der Waals surface area contributed by atoms with Crippen molar-refractivity contribution < 1.29 is 33.4 Å². The molecule has 0 unspecified atom stereocenters. The molecule has 3 aromatic rings. The Morgan fingerprint density at radius 3 is 2.24 bits per heavy atom. The van der Waals surface area contributed by atoms with E-state index in [0.717, 1.165) is 25.7 Å². The highest BCUT2D eigenvalue weighted by Crippen LogP contribution is 2.31. The molecule has 8 nitrogen and oxygen atoms in total. The molecule has 1 amide bonds. The van der Waals surface area contributed by atoms with Gasteiger partial charge in [-0.1, -0.05) is 34.1 Å². The van der Waals surface area contributed by atoms with Crippen molar-refractivity contribution in [1.29, 1.82) is 0 Å². The molecule has 0 atom stereocenters. The average Bonchev–Trinajstić information content (AvgIpc) is 3.27. The number of unbranched alkanes of at least 4 members (excludes halogenated alkanes) is 1. The summed E-state index contributed by atoms with van der Waals surface area (Å²) >= 11 is 0. The Hall–Kier alpha value is -3.81. The third-order valence-electron chi connectivity index (χ3n) is 6.81. The molecule has 0 spiro atoms. The molecule has 0 saturated heterocycles. The number of fused-ring (bicyclic) bond motifs is 1. The first kappa shape index (κ1) is 31.7. The number of alkyl carbamates (subject to hydrolysis) is 1. The SMILES string of the molecule is CCCCc1oc2ccc(C(=O)O)cc2c1C(=O)c1ccc(OCCCNC(=O)OC(C)(C)CCC(C)(C)C)cc1. The maximum Gasteiger partial charge on any atom is 0.407 e. The molecular formula is C33H43NO7. The van der Waals surface area contributed by atoms with Gasteiger partial charge in [-0.3, -0.25) is 4.79 Å². The van der Waals surface area contributed by atoms with Gasteiger partial charge in [-0.2, -0.15) is 0 Å². The minimum atomic E-state index is -1.06.